The predicted octanol–water partition coefficient (Wildman–Crippen LogP) is 5.07. The fraction of sp³-hybridized carbons (Fsp3) is 0.241. The van der Waals surface area contributed by atoms with Gasteiger partial charge < -0.3 is 19.5 Å². The van der Waals surface area contributed by atoms with Crippen molar-refractivity contribution in [2.24, 2.45) is 7.05 Å². The van der Waals surface area contributed by atoms with Crippen LogP contribution in [-0.4, -0.2) is 43.5 Å². The van der Waals surface area contributed by atoms with Gasteiger partial charge in [0, 0.05) is 36.3 Å². The molecule has 0 radical (unpaired) electrons. The van der Waals surface area contributed by atoms with Crippen LogP contribution >= 0.6 is 0 Å². The SMILES string of the molecule is CCOc1ccc(COc2ccc(NC(=O)c3cc4nccc(-c5cnn(C)c5C)n4n3)cc2)cc1OCC. The molecule has 5 rings (SSSR count). The molecule has 39 heavy (non-hydrogen) atoms. The number of hydrogen-bond acceptors (Lipinski definition) is 7. The minimum atomic E-state index is -0.333. The zero-order valence-corrected chi connectivity index (χ0v) is 22.3. The molecule has 0 aliphatic rings. The first-order chi connectivity index (χ1) is 19.0. The Morgan fingerprint density at radius 2 is 1.72 bits per heavy atom. The molecule has 1 amide bonds. The van der Waals surface area contributed by atoms with E-state index in [1.807, 2.05) is 64.2 Å². The van der Waals surface area contributed by atoms with Gasteiger partial charge >= 0.3 is 0 Å². The predicted molar refractivity (Wildman–Crippen MR) is 147 cm³/mol. The van der Waals surface area contributed by atoms with Gasteiger partial charge in [0.15, 0.2) is 22.8 Å². The van der Waals surface area contributed by atoms with Crippen LogP contribution in [0.2, 0.25) is 0 Å². The Labute approximate surface area is 226 Å². The lowest BCUT2D eigenvalue weighted by Gasteiger charge is -2.13. The fourth-order valence-electron chi connectivity index (χ4n) is 4.14. The maximum absolute atomic E-state index is 13.0. The van der Waals surface area contributed by atoms with Gasteiger partial charge in [0.1, 0.15) is 12.4 Å². The number of anilines is 1. The number of amides is 1. The number of hydrogen-bond donors (Lipinski definition) is 1. The Morgan fingerprint density at radius 1 is 0.949 bits per heavy atom. The minimum Gasteiger partial charge on any atom is -0.490 e. The molecule has 0 saturated carbocycles. The second-order valence-electron chi connectivity index (χ2n) is 8.81. The first kappa shape index (κ1) is 25.8. The fourth-order valence-corrected chi connectivity index (χ4v) is 4.14. The Hall–Kier alpha value is -4.86. The standard InChI is InChI=1S/C29H30N6O4/c1-5-37-26-12-7-20(15-27(26)38-6-2)18-39-22-10-8-21(9-11-22)32-29(36)24-16-28-30-14-13-25(35(28)33-24)23-17-31-34(4)19(23)3/h7-17H,5-6,18H2,1-4H3,(H,32,36). The molecule has 0 spiro atoms. The number of carbonyl (C=O) groups is 1. The van der Waals surface area contributed by atoms with E-state index in [-0.39, 0.29) is 11.6 Å². The van der Waals surface area contributed by atoms with Crippen LogP contribution < -0.4 is 19.5 Å². The van der Waals surface area contributed by atoms with Crippen LogP contribution in [0.4, 0.5) is 5.69 Å². The summed E-state index contributed by atoms with van der Waals surface area (Å²) in [4.78, 5) is 17.3. The molecule has 0 atom stereocenters. The number of nitrogens with zero attached hydrogens (tertiary/aromatic N) is 5. The lowest BCUT2D eigenvalue weighted by atomic mass is 10.2. The van der Waals surface area contributed by atoms with Crippen LogP contribution in [0.1, 0.15) is 35.6 Å². The average Bonchev–Trinajstić information content (AvgIpc) is 3.53. The van der Waals surface area contributed by atoms with Crippen molar-refractivity contribution in [2.75, 3.05) is 18.5 Å². The Balaban J connectivity index is 1.25. The first-order valence-corrected chi connectivity index (χ1v) is 12.7. The van der Waals surface area contributed by atoms with E-state index >= 15 is 0 Å². The van der Waals surface area contributed by atoms with E-state index in [0.717, 1.165) is 22.5 Å². The van der Waals surface area contributed by atoms with E-state index in [2.05, 4.69) is 20.5 Å². The summed E-state index contributed by atoms with van der Waals surface area (Å²) in [5.41, 5.74) is 5.15. The summed E-state index contributed by atoms with van der Waals surface area (Å²) in [6, 6.07) is 16.5. The number of rotatable bonds is 10. The Bertz CT molecular complexity index is 1610. The zero-order valence-electron chi connectivity index (χ0n) is 22.3. The van der Waals surface area contributed by atoms with E-state index in [1.165, 1.54) is 0 Å². The molecule has 0 aliphatic heterocycles. The quantitative estimate of drug-likeness (QED) is 0.271. The summed E-state index contributed by atoms with van der Waals surface area (Å²) in [7, 11) is 1.88. The van der Waals surface area contributed by atoms with Crippen molar-refractivity contribution in [1.82, 2.24) is 24.4 Å². The molecule has 10 nitrogen and oxygen atoms in total. The van der Waals surface area contributed by atoms with Gasteiger partial charge in [-0.15, -0.1) is 0 Å². The van der Waals surface area contributed by atoms with Crippen LogP contribution in [0.3, 0.4) is 0 Å². The van der Waals surface area contributed by atoms with Crippen LogP contribution in [0.15, 0.2) is 67.0 Å². The Kier molecular flexibility index (Phi) is 7.44. The number of ether oxygens (including phenoxy) is 3. The monoisotopic (exact) mass is 526 g/mol. The summed E-state index contributed by atoms with van der Waals surface area (Å²) in [5, 5.41) is 11.7. The Morgan fingerprint density at radius 3 is 2.44 bits per heavy atom. The molecule has 5 aromatic rings. The van der Waals surface area contributed by atoms with E-state index in [4.69, 9.17) is 14.2 Å². The number of fused-ring (bicyclic) bond motifs is 1. The van der Waals surface area contributed by atoms with Gasteiger partial charge in [-0.05, 0) is 68.8 Å². The van der Waals surface area contributed by atoms with Crippen LogP contribution in [-0.2, 0) is 13.7 Å². The summed E-state index contributed by atoms with van der Waals surface area (Å²) in [6.45, 7) is 7.34. The maximum atomic E-state index is 13.0. The lowest BCUT2D eigenvalue weighted by Crippen LogP contribution is -2.12. The number of nitrogens with one attached hydrogen (secondary N) is 1. The van der Waals surface area contributed by atoms with Crippen LogP contribution in [0.5, 0.6) is 17.2 Å². The highest BCUT2D eigenvalue weighted by molar-refractivity contribution is 6.03. The average molecular weight is 527 g/mol. The molecule has 3 heterocycles. The molecular weight excluding hydrogens is 496 g/mol. The molecular formula is C29H30N6O4. The molecule has 0 bridgehead atoms. The highest BCUT2D eigenvalue weighted by Crippen LogP contribution is 2.29. The number of carbonyl (C=O) groups excluding carboxylic acids is 1. The summed E-state index contributed by atoms with van der Waals surface area (Å²) in [5.74, 6) is 1.76. The third kappa shape index (κ3) is 5.54. The van der Waals surface area contributed by atoms with Crippen LogP contribution in [0, 0.1) is 6.92 Å². The molecule has 0 fully saturated rings. The van der Waals surface area contributed by atoms with Crippen molar-refractivity contribution in [3.8, 4) is 28.5 Å². The van der Waals surface area contributed by atoms with Gasteiger partial charge in [-0.1, -0.05) is 6.07 Å². The largest absolute Gasteiger partial charge is 0.490 e. The molecule has 200 valence electrons. The normalized spacial score (nSPS) is 11.0. The molecule has 3 aromatic heterocycles. The van der Waals surface area contributed by atoms with Crippen molar-refractivity contribution >= 4 is 17.2 Å². The van der Waals surface area contributed by atoms with Gasteiger partial charge in [0.05, 0.1) is 25.1 Å². The summed E-state index contributed by atoms with van der Waals surface area (Å²) < 4.78 is 20.7. The molecule has 0 saturated heterocycles. The first-order valence-electron chi connectivity index (χ1n) is 12.7. The molecule has 2 aromatic carbocycles. The third-order valence-electron chi connectivity index (χ3n) is 6.23. The summed E-state index contributed by atoms with van der Waals surface area (Å²) >= 11 is 0. The topological polar surface area (TPSA) is 105 Å². The van der Waals surface area contributed by atoms with E-state index in [9.17, 15) is 4.79 Å². The van der Waals surface area contributed by atoms with Crippen LogP contribution in [0.25, 0.3) is 16.9 Å². The van der Waals surface area contributed by atoms with Gasteiger partial charge in [-0.25, -0.2) is 9.50 Å². The molecule has 10 heteroatoms. The van der Waals surface area contributed by atoms with Crippen molar-refractivity contribution in [1.29, 1.82) is 0 Å². The van der Waals surface area contributed by atoms with Gasteiger partial charge in [-0.2, -0.15) is 10.2 Å². The molecule has 0 aliphatic carbocycles. The minimum absolute atomic E-state index is 0.262. The second kappa shape index (κ2) is 11.3. The number of benzene rings is 2. The van der Waals surface area contributed by atoms with Crippen molar-refractivity contribution < 1.29 is 19.0 Å². The van der Waals surface area contributed by atoms with Gasteiger partial charge in [0.2, 0.25) is 0 Å². The molecule has 1 N–H and O–H groups in total. The third-order valence-corrected chi connectivity index (χ3v) is 6.23. The van der Waals surface area contributed by atoms with E-state index in [0.29, 0.717) is 48.4 Å². The second-order valence-corrected chi connectivity index (χ2v) is 8.81. The smallest absolute Gasteiger partial charge is 0.276 e. The van der Waals surface area contributed by atoms with Crippen molar-refractivity contribution in [2.45, 2.75) is 27.4 Å². The zero-order chi connectivity index (χ0) is 27.4. The van der Waals surface area contributed by atoms with Gasteiger partial charge in [-0.3, -0.25) is 9.48 Å². The molecule has 0 unspecified atom stereocenters. The number of aromatic nitrogens is 5. The van der Waals surface area contributed by atoms with Gasteiger partial charge in [0.25, 0.3) is 5.91 Å². The maximum Gasteiger partial charge on any atom is 0.276 e. The summed E-state index contributed by atoms with van der Waals surface area (Å²) in [6.07, 6.45) is 3.48. The van der Waals surface area contributed by atoms with Crippen molar-refractivity contribution in [3.63, 3.8) is 0 Å². The lowest BCUT2D eigenvalue weighted by molar-refractivity contribution is 0.102. The highest BCUT2D eigenvalue weighted by atomic mass is 16.5. The van der Waals surface area contributed by atoms with E-state index < -0.39 is 0 Å². The van der Waals surface area contributed by atoms with E-state index in [1.54, 1.807) is 39.8 Å². The number of aryl methyl sites for hydroxylation is 1. The highest BCUT2D eigenvalue weighted by Gasteiger charge is 2.16. The van der Waals surface area contributed by atoms with Crippen molar-refractivity contribution in [3.05, 3.63) is 83.9 Å².